The standard InChI is InChI=1S/C29H33F2NO4S/c1-21(10-5-3-6-11-22-12-7-4-8-13-22)25(33)17-15-23-20-29(30,31)28(35)32(23)19-9-14-24-16-18-26(37-24)27(34)36-2/h4,7-8,12-13,15-18,21,23,25,33H,6,9-11,14,19-20H2,1-2H3/t21-,23+,25+/m1/s1. The van der Waals surface area contributed by atoms with Gasteiger partial charge in [-0.15, -0.1) is 23.2 Å². The molecule has 2 heterocycles. The molecule has 1 aromatic heterocycles. The van der Waals surface area contributed by atoms with Gasteiger partial charge in [0.15, 0.2) is 0 Å². The molecule has 1 saturated heterocycles. The number of carbonyl (C=O) groups excluding carboxylic acids is 2. The third kappa shape index (κ3) is 8.24. The number of likely N-dealkylation sites (tertiary alicyclic amines) is 1. The summed E-state index contributed by atoms with van der Waals surface area (Å²) in [6, 6.07) is 12.8. The molecule has 0 spiro atoms. The maximum Gasteiger partial charge on any atom is 0.348 e. The summed E-state index contributed by atoms with van der Waals surface area (Å²) >= 11 is 1.29. The van der Waals surface area contributed by atoms with E-state index in [1.54, 1.807) is 12.1 Å². The van der Waals surface area contributed by atoms with Gasteiger partial charge in [-0.05, 0) is 42.9 Å². The molecule has 1 amide bonds. The monoisotopic (exact) mass is 529 g/mol. The Hall–Kier alpha value is -3.02. The molecular weight excluding hydrogens is 496 g/mol. The highest BCUT2D eigenvalue weighted by Gasteiger charge is 2.52. The molecule has 1 N–H and O–H groups in total. The van der Waals surface area contributed by atoms with E-state index in [2.05, 4.69) is 24.0 Å². The SMILES string of the molecule is COC(=O)c1ccc(CCCN2C(=O)C(F)(F)C[C@@H]2C=C[C@H](O)[C@H](C)CC#CCCc2ccccc2)s1. The molecule has 0 radical (unpaired) electrons. The minimum atomic E-state index is -3.42. The zero-order valence-corrected chi connectivity index (χ0v) is 22.0. The Balaban J connectivity index is 1.49. The first kappa shape index (κ1) is 28.5. The number of hydrogen-bond donors (Lipinski definition) is 1. The van der Waals surface area contributed by atoms with Crippen molar-refractivity contribution in [3.63, 3.8) is 0 Å². The molecule has 198 valence electrons. The number of alkyl halides is 2. The van der Waals surface area contributed by atoms with E-state index in [4.69, 9.17) is 4.74 Å². The number of aliphatic hydroxyl groups is 1. The highest BCUT2D eigenvalue weighted by Crippen LogP contribution is 2.34. The molecule has 0 saturated carbocycles. The first-order chi connectivity index (χ1) is 17.7. The van der Waals surface area contributed by atoms with Crippen LogP contribution < -0.4 is 0 Å². The van der Waals surface area contributed by atoms with Crippen molar-refractivity contribution in [1.82, 2.24) is 4.90 Å². The van der Waals surface area contributed by atoms with Gasteiger partial charge in [-0.25, -0.2) is 4.79 Å². The molecule has 0 bridgehead atoms. The number of amides is 1. The Morgan fingerprint density at radius 2 is 2.00 bits per heavy atom. The minimum Gasteiger partial charge on any atom is -0.465 e. The van der Waals surface area contributed by atoms with Crippen molar-refractivity contribution in [2.75, 3.05) is 13.7 Å². The van der Waals surface area contributed by atoms with Crippen molar-refractivity contribution in [3.8, 4) is 11.8 Å². The Morgan fingerprint density at radius 1 is 1.24 bits per heavy atom. The fourth-order valence-corrected chi connectivity index (χ4v) is 5.10. The van der Waals surface area contributed by atoms with Gasteiger partial charge in [0.2, 0.25) is 0 Å². The molecule has 1 aliphatic rings. The van der Waals surface area contributed by atoms with Crippen molar-refractivity contribution in [2.45, 2.75) is 63.5 Å². The van der Waals surface area contributed by atoms with E-state index in [9.17, 15) is 23.5 Å². The summed E-state index contributed by atoms with van der Waals surface area (Å²) in [5.41, 5.74) is 1.22. The topological polar surface area (TPSA) is 66.8 Å². The molecular formula is C29H33F2NO4S. The van der Waals surface area contributed by atoms with Gasteiger partial charge in [0, 0.05) is 30.7 Å². The molecule has 1 aromatic carbocycles. The summed E-state index contributed by atoms with van der Waals surface area (Å²) in [6.45, 7) is 2.02. The average molecular weight is 530 g/mol. The van der Waals surface area contributed by atoms with Crippen LogP contribution in [-0.2, 0) is 22.4 Å². The van der Waals surface area contributed by atoms with Crippen LogP contribution in [0.3, 0.4) is 0 Å². The maximum absolute atomic E-state index is 14.2. The van der Waals surface area contributed by atoms with Crippen molar-refractivity contribution < 1.29 is 28.2 Å². The summed E-state index contributed by atoms with van der Waals surface area (Å²) in [5, 5.41) is 10.5. The second-order valence-electron chi connectivity index (χ2n) is 9.23. The lowest BCUT2D eigenvalue weighted by molar-refractivity contribution is -0.148. The van der Waals surface area contributed by atoms with Crippen LogP contribution in [0.2, 0.25) is 0 Å². The van der Waals surface area contributed by atoms with Gasteiger partial charge in [0.1, 0.15) is 4.88 Å². The fourth-order valence-electron chi connectivity index (χ4n) is 4.13. The first-order valence-electron chi connectivity index (χ1n) is 12.4. The summed E-state index contributed by atoms with van der Waals surface area (Å²) in [4.78, 5) is 26.5. The van der Waals surface area contributed by atoms with Crippen molar-refractivity contribution in [2.24, 2.45) is 5.92 Å². The Bertz CT molecular complexity index is 1140. The van der Waals surface area contributed by atoms with Crippen molar-refractivity contribution in [3.05, 3.63) is 69.9 Å². The number of hydrogen-bond acceptors (Lipinski definition) is 5. The van der Waals surface area contributed by atoms with Gasteiger partial charge in [0.05, 0.1) is 19.3 Å². The van der Waals surface area contributed by atoms with E-state index < -0.39 is 36.4 Å². The normalized spacial score (nSPS) is 18.5. The summed E-state index contributed by atoms with van der Waals surface area (Å²) in [6.07, 6.45) is 4.68. The number of ether oxygens (including phenoxy) is 1. The largest absolute Gasteiger partial charge is 0.465 e. The summed E-state index contributed by atoms with van der Waals surface area (Å²) < 4.78 is 33.1. The Labute approximate surface area is 221 Å². The number of methoxy groups -OCH3 is 1. The predicted octanol–water partition coefficient (Wildman–Crippen LogP) is 5.28. The molecule has 1 fully saturated rings. The van der Waals surface area contributed by atoms with Crippen LogP contribution in [0.4, 0.5) is 8.78 Å². The molecule has 0 aliphatic carbocycles. The van der Waals surface area contributed by atoms with Crippen LogP contribution in [-0.4, -0.2) is 53.6 Å². The van der Waals surface area contributed by atoms with E-state index in [0.717, 1.165) is 17.7 Å². The lowest BCUT2D eigenvalue weighted by Gasteiger charge is -2.22. The highest BCUT2D eigenvalue weighted by atomic mass is 32.1. The van der Waals surface area contributed by atoms with Gasteiger partial charge >= 0.3 is 11.9 Å². The molecule has 5 nitrogen and oxygen atoms in total. The van der Waals surface area contributed by atoms with Crippen molar-refractivity contribution >= 4 is 23.2 Å². The van der Waals surface area contributed by atoms with Crippen LogP contribution in [0.25, 0.3) is 0 Å². The lowest BCUT2D eigenvalue weighted by Crippen LogP contribution is -2.36. The lowest BCUT2D eigenvalue weighted by atomic mass is 9.99. The van der Waals surface area contributed by atoms with E-state index in [1.165, 1.54) is 41.1 Å². The first-order valence-corrected chi connectivity index (χ1v) is 13.2. The van der Waals surface area contributed by atoms with Crippen molar-refractivity contribution in [1.29, 1.82) is 0 Å². The highest BCUT2D eigenvalue weighted by molar-refractivity contribution is 7.13. The zero-order chi connectivity index (χ0) is 26.8. The van der Waals surface area contributed by atoms with Gasteiger partial charge in [-0.2, -0.15) is 8.78 Å². The average Bonchev–Trinajstić information content (AvgIpc) is 3.45. The van der Waals surface area contributed by atoms with Crippen LogP contribution in [0.1, 0.15) is 52.7 Å². The number of aryl methyl sites for hydroxylation is 2. The number of nitrogens with zero attached hydrogens (tertiary/aromatic N) is 1. The molecule has 37 heavy (non-hydrogen) atoms. The quantitative estimate of drug-likeness (QED) is 0.244. The van der Waals surface area contributed by atoms with Gasteiger partial charge in [0.25, 0.3) is 5.91 Å². The predicted molar refractivity (Wildman–Crippen MR) is 141 cm³/mol. The molecule has 3 rings (SSSR count). The second-order valence-corrected chi connectivity index (χ2v) is 10.4. The molecule has 3 atom stereocenters. The molecule has 2 aromatic rings. The second kappa shape index (κ2) is 13.5. The van der Waals surface area contributed by atoms with E-state index >= 15 is 0 Å². The third-order valence-electron chi connectivity index (χ3n) is 6.35. The van der Waals surface area contributed by atoms with E-state index in [1.807, 2.05) is 25.1 Å². The third-order valence-corrected chi connectivity index (χ3v) is 7.48. The molecule has 1 aliphatic heterocycles. The molecule has 0 unspecified atom stereocenters. The number of esters is 1. The number of thiophene rings is 1. The van der Waals surface area contributed by atoms with E-state index in [0.29, 0.717) is 24.1 Å². The van der Waals surface area contributed by atoms with Gasteiger partial charge in [-0.3, -0.25) is 4.79 Å². The number of carbonyl (C=O) groups is 2. The van der Waals surface area contributed by atoms with Crippen LogP contribution in [0.15, 0.2) is 54.6 Å². The minimum absolute atomic E-state index is 0.160. The summed E-state index contributed by atoms with van der Waals surface area (Å²) in [7, 11) is 1.31. The number of aliphatic hydroxyl groups excluding tert-OH is 1. The van der Waals surface area contributed by atoms with E-state index in [-0.39, 0.29) is 12.5 Å². The van der Waals surface area contributed by atoms with Crippen LogP contribution >= 0.6 is 11.3 Å². The number of benzene rings is 1. The number of halogens is 2. The van der Waals surface area contributed by atoms with Gasteiger partial charge in [-0.1, -0.05) is 49.4 Å². The Morgan fingerprint density at radius 3 is 2.73 bits per heavy atom. The smallest absolute Gasteiger partial charge is 0.348 e. The fraction of sp³-hybridized carbons (Fsp3) is 0.448. The maximum atomic E-state index is 14.2. The van der Waals surface area contributed by atoms with Crippen LogP contribution in [0.5, 0.6) is 0 Å². The van der Waals surface area contributed by atoms with Crippen LogP contribution in [0, 0.1) is 17.8 Å². The molecule has 8 heteroatoms. The zero-order valence-electron chi connectivity index (χ0n) is 21.2. The Kier molecular flexibility index (Phi) is 10.4. The summed E-state index contributed by atoms with van der Waals surface area (Å²) in [5.74, 6) is 1.03. The van der Waals surface area contributed by atoms with Gasteiger partial charge < -0.3 is 14.7 Å². The number of rotatable bonds is 11.